The van der Waals surface area contributed by atoms with Crippen molar-refractivity contribution in [2.24, 2.45) is 0 Å². The van der Waals surface area contributed by atoms with Crippen LogP contribution in [0.1, 0.15) is 11.1 Å². The van der Waals surface area contributed by atoms with Crippen LogP contribution < -0.4 is 5.32 Å². The first-order valence-electron chi connectivity index (χ1n) is 5.72. The molecule has 0 spiro atoms. The molecule has 19 heavy (non-hydrogen) atoms. The summed E-state index contributed by atoms with van der Waals surface area (Å²) in [5.41, 5.74) is 2.26. The Labute approximate surface area is 115 Å². The molecule has 2 aromatic rings. The number of urea groups is 1. The number of hydrogen-bond acceptors (Lipinski definition) is 3. The molecule has 1 aromatic carbocycles. The molecule has 0 atom stereocenters. The summed E-state index contributed by atoms with van der Waals surface area (Å²) >= 11 is 1.61. The van der Waals surface area contributed by atoms with E-state index in [1.165, 1.54) is 0 Å². The zero-order valence-corrected chi connectivity index (χ0v) is 11.3. The molecule has 0 aliphatic heterocycles. The molecule has 0 radical (unpaired) electrons. The van der Waals surface area contributed by atoms with Crippen LogP contribution in [0.25, 0.3) is 0 Å². The van der Waals surface area contributed by atoms with Gasteiger partial charge in [0, 0.05) is 19.3 Å². The molecule has 0 bridgehead atoms. The molecule has 0 saturated heterocycles. The van der Waals surface area contributed by atoms with Crippen molar-refractivity contribution >= 4 is 23.1 Å². The van der Waals surface area contributed by atoms with Gasteiger partial charge in [0.15, 0.2) is 0 Å². The van der Waals surface area contributed by atoms with E-state index in [0.29, 0.717) is 17.8 Å². The van der Waals surface area contributed by atoms with Gasteiger partial charge in [-0.05, 0) is 40.6 Å². The van der Waals surface area contributed by atoms with E-state index in [0.717, 1.165) is 5.56 Å². The number of rotatable bonds is 3. The predicted octanol–water partition coefficient (Wildman–Crippen LogP) is 3.28. The third-order valence-corrected chi connectivity index (χ3v) is 3.32. The van der Waals surface area contributed by atoms with Crippen molar-refractivity contribution in [3.05, 3.63) is 52.2 Å². The van der Waals surface area contributed by atoms with Crippen LogP contribution in [0.2, 0.25) is 0 Å². The molecule has 0 unspecified atom stereocenters. The predicted molar refractivity (Wildman–Crippen MR) is 76.0 cm³/mol. The second-order valence-corrected chi connectivity index (χ2v) is 4.89. The number of nitriles is 1. The second-order valence-electron chi connectivity index (χ2n) is 4.11. The van der Waals surface area contributed by atoms with Gasteiger partial charge in [-0.2, -0.15) is 16.6 Å². The number of hydrogen-bond donors (Lipinski definition) is 1. The van der Waals surface area contributed by atoms with E-state index < -0.39 is 0 Å². The van der Waals surface area contributed by atoms with Gasteiger partial charge >= 0.3 is 6.03 Å². The lowest BCUT2D eigenvalue weighted by molar-refractivity contribution is 0.221. The zero-order chi connectivity index (χ0) is 13.7. The van der Waals surface area contributed by atoms with Gasteiger partial charge in [-0.1, -0.05) is 6.07 Å². The van der Waals surface area contributed by atoms with Gasteiger partial charge in [0.25, 0.3) is 0 Å². The summed E-state index contributed by atoms with van der Waals surface area (Å²) in [6.45, 7) is 0.563. The van der Waals surface area contributed by atoms with Crippen LogP contribution in [0, 0.1) is 11.3 Å². The fourth-order valence-electron chi connectivity index (χ4n) is 1.61. The van der Waals surface area contributed by atoms with Crippen LogP contribution in [0.5, 0.6) is 0 Å². The highest BCUT2D eigenvalue weighted by molar-refractivity contribution is 7.07. The maximum absolute atomic E-state index is 12.0. The van der Waals surface area contributed by atoms with Crippen molar-refractivity contribution in [3.63, 3.8) is 0 Å². The molecule has 1 N–H and O–H groups in total. The van der Waals surface area contributed by atoms with Crippen LogP contribution in [-0.4, -0.2) is 18.0 Å². The minimum absolute atomic E-state index is 0.193. The quantitative estimate of drug-likeness (QED) is 0.931. The van der Waals surface area contributed by atoms with E-state index >= 15 is 0 Å². The van der Waals surface area contributed by atoms with Crippen LogP contribution in [0.15, 0.2) is 41.1 Å². The highest BCUT2D eigenvalue weighted by Gasteiger charge is 2.09. The first-order valence-corrected chi connectivity index (χ1v) is 6.66. The molecule has 0 aliphatic rings. The Morgan fingerprint density at radius 1 is 1.47 bits per heavy atom. The topological polar surface area (TPSA) is 56.1 Å². The Bertz CT molecular complexity index is 601. The van der Waals surface area contributed by atoms with Gasteiger partial charge < -0.3 is 10.2 Å². The first-order chi connectivity index (χ1) is 9.19. The maximum atomic E-state index is 12.0. The van der Waals surface area contributed by atoms with Crippen molar-refractivity contribution in [2.45, 2.75) is 6.54 Å². The second kappa shape index (κ2) is 6.03. The van der Waals surface area contributed by atoms with Crippen molar-refractivity contribution in [3.8, 4) is 6.07 Å². The lowest BCUT2D eigenvalue weighted by atomic mass is 10.2. The normalized spacial score (nSPS) is 9.68. The molecular formula is C14H13N3OS. The van der Waals surface area contributed by atoms with Crippen molar-refractivity contribution in [1.29, 1.82) is 5.26 Å². The number of nitrogens with one attached hydrogen (secondary N) is 1. The molecule has 5 heteroatoms. The SMILES string of the molecule is CN(Cc1ccsc1)C(=O)Nc1cccc(C#N)c1. The number of benzene rings is 1. The van der Waals surface area contributed by atoms with Gasteiger partial charge in [-0.3, -0.25) is 0 Å². The zero-order valence-electron chi connectivity index (χ0n) is 10.5. The van der Waals surface area contributed by atoms with E-state index in [1.54, 1.807) is 47.5 Å². The van der Waals surface area contributed by atoms with Crippen molar-refractivity contribution < 1.29 is 4.79 Å². The van der Waals surface area contributed by atoms with Gasteiger partial charge in [0.2, 0.25) is 0 Å². The summed E-state index contributed by atoms with van der Waals surface area (Å²) in [7, 11) is 1.74. The summed E-state index contributed by atoms with van der Waals surface area (Å²) in [5.74, 6) is 0. The number of nitrogens with zero attached hydrogens (tertiary/aromatic N) is 2. The molecule has 0 aliphatic carbocycles. The smallest absolute Gasteiger partial charge is 0.321 e. The fourth-order valence-corrected chi connectivity index (χ4v) is 2.27. The summed E-state index contributed by atoms with van der Waals surface area (Å²) in [6.07, 6.45) is 0. The van der Waals surface area contributed by atoms with E-state index in [-0.39, 0.29) is 6.03 Å². The monoisotopic (exact) mass is 271 g/mol. The van der Waals surface area contributed by atoms with E-state index in [4.69, 9.17) is 5.26 Å². The fraction of sp³-hybridized carbons (Fsp3) is 0.143. The number of carbonyl (C=O) groups excluding carboxylic acids is 1. The average Bonchev–Trinajstić information content (AvgIpc) is 2.91. The Morgan fingerprint density at radius 2 is 2.32 bits per heavy atom. The molecule has 4 nitrogen and oxygen atoms in total. The van der Waals surface area contributed by atoms with Gasteiger partial charge in [0.1, 0.15) is 0 Å². The minimum Gasteiger partial charge on any atom is -0.323 e. The Morgan fingerprint density at radius 3 is 3.00 bits per heavy atom. The number of anilines is 1. The molecule has 1 aromatic heterocycles. The third kappa shape index (κ3) is 3.57. The van der Waals surface area contributed by atoms with Crippen LogP contribution in [-0.2, 0) is 6.54 Å². The molecule has 96 valence electrons. The van der Waals surface area contributed by atoms with Crippen LogP contribution >= 0.6 is 11.3 Å². The molecule has 0 fully saturated rings. The third-order valence-electron chi connectivity index (χ3n) is 2.59. The van der Waals surface area contributed by atoms with Gasteiger partial charge in [-0.15, -0.1) is 0 Å². The Kier molecular flexibility index (Phi) is 4.16. The molecule has 2 rings (SSSR count). The lowest BCUT2D eigenvalue weighted by Crippen LogP contribution is -2.30. The largest absolute Gasteiger partial charge is 0.323 e. The Balaban J connectivity index is 1.98. The van der Waals surface area contributed by atoms with E-state index in [9.17, 15) is 4.79 Å². The highest BCUT2D eigenvalue weighted by Crippen LogP contribution is 2.12. The number of amides is 2. The highest BCUT2D eigenvalue weighted by atomic mass is 32.1. The van der Waals surface area contributed by atoms with Crippen molar-refractivity contribution in [1.82, 2.24) is 4.90 Å². The Hall–Kier alpha value is -2.32. The van der Waals surface area contributed by atoms with E-state index in [1.807, 2.05) is 22.9 Å². The van der Waals surface area contributed by atoms with E-state index in [2.05, 4.69) is 5.32 Å². The van der Waals surface area contributed by atoms with Crippen molar-refractivity contribution in [2.75, 3.05) is 12.4 Å². The molecule has 0 saturated carbocycles. The summed E-state index contributed by atoms with van der Waals surface area (Å²) in [4.78, 5) is 13.6. The summed E-state index contributed by atoms with van der Waals surface area (Å²) in [5, 5.41) is 15.6. The summed E-state index contributed by atoms with van der Waals surface area (Å²) < 4.78 is 0. The maximum Gasteiger partial charge on any atom is 0.321 e. The number of carbonyl (C=O) groups is 1. The van der Waals surface area contributed by atoms with Gasteiger partial charge in [-0.25, -0.2) is 4.79 Å². The van der Waals surface area contributed by atoms with Crippen LogP contribution in [0.4, 0.5) is 10.5 Å². The summed E-state index contributed by atoms with van der Waals surface area (Å²) in [6, 6.07) is 10.7. The number of thiophene rings is 1. The average molecular weight is 271 g/mol. The minimum atomic E-state index is -0.193. The van der Waals surface area contributed by atoms with Crippen LogP contribution in [0.3, 0.4) is 0 Å². The first kappa shape index (κ1) is 13.1. The lowest BCUT2D eigenvalue weighted by Gasteiger charge is -2.17. The standard InChI is InChI=1S/C14H13N3OS/c1-17(9-12-5-6-19-10-12)14(18)16-13-4-2-3-11(7-13)8-15/h2-7,10H,9H2,1H3,(H,16,18). The molecule has 1 heterocycles. The van der Waals surface area contributed by atoms with Gasteiger partial charge in [0.05, 0.1) is 11.6 Å². The molecular weight excluding hydrogens is 258 g/mol. The molecule has 2 amide bonds.